The van der Waals surface area contributed by atoms with E-state index in [2.05, 4.69) is 15.0 Å². The first-order valence-electron chi connectivity index (χ1n) is 7.09. The number of nitrogens with zero attached hydrogens (tertiary/aromatic N) is 5. The van der Waals surface area contributed by atoms with Gasteiger partial charge < -0.3 is 0 Å². The Labute approximate surface area is 117 Å². The summed E-state index contributed by atoms with van der Waals surface area (Å²) in [6.07, 6.45) is 12.2. The van der Waals surface area contributed by atoms with Gasteiger partial charge in [0.25, 0.3) is 0 Å². The fourth-order valence-electron chi connectivity index (χ4n) is 3.06. The number of imidazole rings is 1. The van der Waals surface area contributed by atoms with Gasteiger partial charge in [-0.2, -0.15) is 0 Å². The summed E-state index contributed by atoms with van der Waals surface area (Å²) in [4.78, 5) is 19.2. The van der Waals surface area contributed by atoms with Crippen molar-refractivity contribution in [1.29, 1.82) is 0 Å². The van der Waals surface area contributed by atoms with Gasteiger partial charge in [-0.3, -0.25) is 14.4 Å². The summed E-state index contributed by atoms with van der Waals surface area (Å²) in [6.45, 7) is 1.95. The Balaban J connectivity index is 1.68. The SMILES string of the molecule is Cc1nccn1-c1cncc(N2OC3CCC2CC3)n1. The summed E-state index contributed by atoms with van der Waals surface area (Å²) >= 11 is 0. The monoisotopic (exact) mass is 271 g/mol. The summed E-state index contributed by atoms with van der Waals surface area (Å²) in [6, 6.07) is 0.438. The van der Waals surface area contributed by atoms with E-state index in [1.165, 1.54) is 12.8 Å². The first-order chi connectivity index (χ1) is 9.81. The van der Waals surface area contributed by atoms with Crippen LogP contribution in [-0.2, 0) is 4.84 Å². The van der Waals surface area contributed by atoms with Crippen molar-refractivity contribution in [1.82, 2.24) is 19.5 Å². The average Bonchev–Trinajstić information content (AvgIpc) is 2.95. The molecule has 2 aromatic rings. The molecular formula is C14H17N5O. The van der Waals surface area contributed by atoms with Crippen LogP contribution in [0.5, 0.6) is 0 Å². The Kier molecular flexibility index (Phi) is 2.70. The molecule has 4 heterocycles. The van der Waals surface area contributed by atoms with E-state index in [4.69, 9.17) is 4.84 Å². The van der Waals surface area contributed by atoms with Crippen LogP contribution in [0.1, 0.15) is 31.5 Å². The predicted octanol–water partition coefficient (Wildman–Crippen LogP) is 2.03. The van der Waals surface area contributed by atoms with E-state index in [9.17, 15) is 0 Å². The Morgan fingerprint density at radius 1 is 1.15 bits per heavy atom. The van der Waals surface area contributed by atoms with Gasteiger partial charge in [-0.25, -0.2) is 15.0 Å². The summed E-state index contributed by atoms with van der Waals surface area (Å²) in [5.41, 5.74) is 0. The lowest BCUT2D eigenvalue weighted by Gasteiger charge is -2.44. The number of anilines is 1. The standard InChI is InChI=1S/C14H17N5O/c1-10-16-6-7-18(10)13-8-15-9-14(17-13)19-11-2-4-12(20-19)5-3-11/h6-9,11-12H,2-5H2,1H3. The maximum Gasteiger partial charge on any atom is 0.173 e. The van der Waals surface area contributed by atoms with E-state index in [-0.39, 0.29) is 0 Å². The van der Waals surface area contributed by atoms with E-state index >= 15 is 0 Å². The highest BCUT2D eigenvalue weighted by atomic mass is 16.7. The van der Waals surface area contributed by atoms with Crippen molar-refractivity contribution in [3.8, 4) is 5.82 Å². The smallest absolute Gasteiger partial charge is 0.173 e. The van der Waals surface area contributed by atoms with Crippen LogP contribution in [0.4, 0.5) is 5.82 Å². The van der Waals surface area contributed by atoms with Crippen molar-refractivity contribution in [3.05, 3.63) is 30.6 Å². The third-order valence-corrected chi connectivity index (χ3v) is 4.15. The van der Waals surface area contributed by atoms with Gasteiger partial charge in [0.05, 0.1) is 24.5 Å². The zero-order valence-corrected chi connectivity index (χ0v) is 11.4. The van der Waals surface area contributed by atoms with Crippen LogP contribution in [-0.4, -0.2) is 31.7 Å². The van der Waals surface area contributed by atoms with Crippen LogP contribution in [0.2, 0.25) is 0 Å². The normalized spacial score (nSPS) is 25.1. The molecule has 3 fully saturated rings. The van der Waals surface area contributed by atoms with Crippen LogP contribution in [0.25, 0.3) is 5.82 Å². The molecule has 0 atom stereocenters. The molecule has 2 aromatic heterocycles. The lowest BCUT2D eigenvalue weighted by atomic mass is 9.91. The lowest BCUT2D eigenvalue weighted by molar-refractivity contribution is -0.0628. The van der Waals surface area contributed by atoms with Crippen LogP contribution in [0, 0.1) is 6.92 Å². The zero-order valence-electron chi connectivity index (χ0n) is 11.4. The van der Waals surface area contributed by atoms with Crippen molar-refractivity contribution in [2.45, 2.75) is 44.8 Å². The minimum atomic E-state index is 0.348. The highest BCUT2D eigenvalue weighted by molar-refractivity contribution is 5.39. The van der Waals surface area contributed by atoms with Gasteiger partial charge in [0.1, 0.15) is 5.82 Å². The molecule has 2 bridgehead atoms. The summed E-state index contributed by atoms with van der Waals surface area (Å²) in [5.74, 6) is 2.48. The fourth-order valence-corrected chi connectivity index (χ4v) is 3.06. The van der Waals surface area contributed by atoms with Crippen LogP contribution < -0.4 is 5.06 Å². The molecule has 0 unspecified atom stereocenters. The van der Waals surface area contributed by atoms with Gasteiger partial charge in [0.2, 0.25) is 0 Å². The lowest BCUT2D eigenvalue weighted by Crippen LogP contribution is -2.49. The van der Waals surface area contributed by atoms with Gasteiger partial charge >= 0.3 is 0 Å². The molecule has 104 valence electrons. The number of aromatic nitrogens is 4. The number of hydrogen-bond donors (Lipinski definition) is 0. The van der Waals surface area contributed by atoms with Crippen molar-refractivity contribution in [3.63, 3.8) is 0 Å². The molecule has 1 aliphatic carbocycles. The third kappa shape index (κ3) is 1.87. The van der Waals surface area contributed by atoms with Crippen LogP contribution in [0.15, 0.2) is 24.8 Å². The molecule has 2 aliphatic heterocycles. The molecule has 2 saturated heterocycles. The first-order valence-corrected chi connectivity index (χ1v) is 7.09. The molecule has 0 amide bonds. The van der Waals surface area contributed by atoms with Crippen molar-refractivity contribution >= 4 is 5.82 Å². The van der Waals surface area contributed by atoms with Crippen molar-refractivity contribution in [2.24, 2.45) is 0 Å². The zero-order chi connectivity index (χ0) is 13.5. The molecule has 1 saturated carbocycles. The topological polar surface area (TPSA) is 56.1 Å². The Hall–Kier alpha value is -1.95. The van der Waals surface area contributed by atoms with E-state index in [0.29, 0.717) is 12.1 Å². The fraction of sp³-hybridized carbons (Fsp3) is 0.500. The Morgan fingerprint density at radius 3 is 2.60 bits per heavy atom. The van der Waals surface area contributed by atoms with E-state index in [1.54, 1.807) is 18.6 Å². The molecule has 0 N–H and O–H groups in total. The summed E-state index contributed by atoms with van der Waals surface area (Å²) in [5, 5.41) is 1.96. The Bertz CT molecular complexity index is 618. The molecule has 0 radical (unpaired) electrons. The number of hydrogen-bond acceptors (Lipinski definition) is 5. The van der Waals surface area contributed by atoms with E-state index < -0.39 is 0 Å². The van der Waals surface area contributed by atoms with Crippen molar-refractivity contribution < 1.29 is 4.84 Å². The number of aryl methyl sites for hydroxylation is 1. The molecule has 0 aromatic carbocycles. The van der Waals surface area contributed by atoms with Crippen LogP contribution in [0.3, 0.4) is 0 Å². The second kappa shape index (κ2) is 4.56. The quantitative estimate of drug-likeness (QED) is 0.836. The van der Waals surface area contributed by atoms with Crippen LogP contribution >= 0.6 is 0 Å². The number of hydroxylamine groups is 1. The van der Waals surface area contributed by atoms with Gasteiger partial charge in [-0.1, -0.05) is 0 Å². The summed E-state index contributed by atoms with van der Waals surface area (Å²) < 4.78 is 1.93. The highest BCUT2D eigenvalue weighted by Gasteiger charge is 2.36. The summed E-state index contributed by atoms with van der Waals surface area (Å²) in [7, 11) is 0. The Morgan fingerprint density at radius 2 is 1.95 bits per heavy atom. The molecule has 3 aliphatic rings. The predicted molar refractivity (Wildman–Crippen MR) is 73.5 cm³/mol. The average molecular weight is 271 g/mol. The number of fused-ring (bicyclic) bond motifs is 3. The molecule has 6 heteroatoms. The van der Waals surface area contributed by atoms with Crippen molar-refractivity contribution in [2.75, 3.05) is 5.06 Å². The second-order valence-electron chi connectivity index (χ2n) is 5.44. The maximum atomic E-state index is 5.98. The van der Waals surface area contributed by atoms with Gasteiger partial charge in [-0.15, -0.1) is 0 Å². The molecule has 0 spiro atoms. The molecular weight excluding hydrogens is 254 g/mol. The van der Waals surface area contributed by atoms with E-state index in [0.717, 1.165) is 30.3 Å². The maximum absolute atomic E-state index is 5.98. The first kappa shape index (κ1) is 11.8. The third-order valence-electron chi connectivity index (χ3n) is 4.15. The van der Waals surface area contributed by atoms with Gasteiger partial charge in [0.15, 0.2) is 11.6 Å². The highest BCUT2D eigenvalue weighted by Crippen LogP contribution is 2.35. The minimum Gasteiger partial charge on any atom is -0.287 e. The molecule has 5 rings (SSSR count). The van der Waals surface area contributed by atoms with Gasteiger partial charge in [0, 0.05) is 12.4 Å². The second-order valence-corrected chi connectivity index (χ2v) is 5.44. The molecule has 20 heavy (non-hydrogen) atoms. The van der Waals surface area contributed by atoms with Gasteiger partial charge in [-0.05, 0) is 32.6 Å². The largest absolute Gasteiger partial charge is 0.287 e. The van der Waals surface area contributed by atoms with E-state index in [1.807, 2.05) is 22.8 Å². The number of rotatable bonds is 2. The minimum absolute atomic E-state index is 0.348. The molecule has 6 nitrogen and oxygen atoms in total.